The molecule has 20 heavy (non-hydrogen) atoms. The van der Waals surface area contributed by atoms with Crippen LogP contribution in [-0.2, 0) is 4.74 Å². The number of hydrogen-bond acceptors (Lipinski definition) is 2. The monoisotopic (exact) mass is 290 g/mol. The normalized spacial score (nSPS) is 29.1. The quantitative estimate of drug-likeness (QED) is 0.679. The van der Waals surface area contributed by atoms with Crippen LogP contribution in [0.1, 0.15) is 39.5 Å². The van der Waals surface area contributed by atoms with Crippen molar-refractivity contribution >= 4 is 11.8 Å². The molecule has 0 amide bonds. The van der Waals surface area contributed by atoms with Crippen LogP contribution in [0.15, 0.2) is 47.9 Å². The minimum Gasteiger partial charge on any atom is -0.377 e. The Bertz CT molecular complexity index is 440. The van der Waals surface area contributed by atoms with Crippen LogP contribution in [-0.4, -0.2) is 18.0 Å². The molecule has 1 nitrogen and oxygen atoms in total. The van der Waals surface area contributed by atoms with Crippen LogP contribution in [0.3, 0.4) is 0 Å². The second-order valence-electron chi connectivity index (χ2n) is 6.55. The van der Waals surface area contributed by atoms with Crippen LogP contribution < -0.4 is 0 Å². The Morgan fingerprint density at radius 1 is 1.30 bits per heavy atom. The standard InChI is InChI=1S/C18H26OS/c1-5-11-18(19-4)13-12-17(2,3)14-16(18)20-15-9-7-6-8-10-15/h5-10,16H,1,11-14H2,2-4H3/t16-,18+/m0/s1. The molecule has 2 heteroatoms. The van der Waals surface area contributed by atoms with Gasteiger partial charge in [0.1, 0.15) is 0 Å². The molecule has 0 heterocycles. The van der Waals surface area contributed by atoms with Crippen LogP contribution in [0, 0.1) is 5.41 Å². The summed E-state index contributed by atoms with van der Waals surface area (Å²) < 4.78 is 6.01. The van der Waals surface area contributed by atoms with E-state index < -0.39 is 0 Å². The molecule has 1 saturated carbocycles. The smallest absolute Gasteiger partial charge is 0.0834 e. The summed E-state index contributed by atoms with van der Waals surface area (Å²) in [5, 5.41) is 0.483. The lowest BCUT2D eigenvalue weighted by atomic mass is 9.69. The number of thioether (sulfide) groups is 1. The second-order valence-corrected chi connectivity index (χ2v) is 7.83. The number of benzene rings is 1. The van der Waals surface area contributed by atoms with E-state index in [2.05, 4.69) is 50.8 Å². The maximum absolute atomic E-state index is 6.01. The molecule has 1 aromatic carbocycles. The van der Waals surface area contributed by atoms with Crippen molar-refractivity contribution in [2.45, 2.75) is 55.3 Å². The van der Waals surface area contributed by atoms with Gasteiger partial charge in [0, 0.05) is 17.3 Å². The number of hydrogen-bond donors (Lipinski definition) is 0. The SMILES string of the molecule is C=CC[C@@]1(OC)CCC(C)(C)C[C@@H]1Sc1ccccc1. The van der Waals surface area contributed by atoms with Gasteiger partial charge in [-0.25, -0.2) is 0 Å². The van der Waals surface area contributed by atoms with Crippen molar-refractivity contribution in [3.05, 3.63) is 43.0 Å². The Morgan fingerprint density at radius 2 is 2.00 bits per heavy atom. The highest BCUT2D eigenvalue weighted by Gasteiger charge is 2.46. The maximum atomic E-state index is 6.01. The third-order valence-electron chi connectivity index (χ3n) is 4.47. The maximum Gasteiger partial charge on any atom is 0.0834 e. The Hall–Kier alpha value is -0.730. The van der Waals surface area contributed by atoms with Crippen molar-refractivity contribution in [2.75, 3.05) is 7.11 Å². The summed E-state index contributed by atoms with van der Waals surface area (Å²) in [4.78, 5) is 1.33. The van der Waals surface area contributed by atoms with Crippen molar-refractivity contribution in [1.29, 1.82) is 0 Å². The molecule has 0 bridgehead atoms. The van der Waals surface area contributed by atoms with E-state index in [1.165, 1.54) is 17.7 Å². The minimum absolute atomic E-state index is 0.0578. The van der Waals surface area contributed by atoms with Gasteiger partial charge in [0.2, 0.25) is 0 Å². The molecule has 0 unspecified atom stereocenters. The highest BCUT2D eigenvalue weighted by atomic mass is 32.2. The third kappa shape index (κ3) is 3.48. The molecule has 110 valence electrons. The molecular weight excluding hydrogens is 264 g/mol. The van der Waals surface area contributed by atoms with Gasteiger partial charge < -0.3 is 4.74 Å². The average molecular weight is 290 g/mol. The first-order chi connectivity index (χ1) is 9.51. The summed E-state index contributed by atoms with van der Waals surface area (Å²) in [5.74, 6) is 0. The van der Waals surface area contributed by atoms with E-state index in [9.17, 15) is 0 Å². The second kappa shape index (κ2) is 6.36. The average Bonchev–Trinajstić information content (AvgIpc) is 2.43. The lowest BCUT2D eigenvalue weighted by Crippen LogP contribution is -2.48. The fourth-order valence-electron chi connectivity index (χ4n) is 3.11. The molecule has 0 radical (unpaired) electrons. The van der Waals surface area contributed by atoms with Crippen LogP contribution >= 0.6 is 11.8 Å². The molecule has 0 aliphatic heterocycles. The first-order valence-electron chi connectivity index (χ1n) is 7.39. The van der Waals surface area contributed by atoms with Gasteiger partial charge in [-0.2, -0.15) is 0 Å². The molecule has 0 aromatic heterocycles. The molecule has 2 rings (SSSR count). The van der Waals surface area contributed by atoms with Gasteiger partial charge in [-0.05, 0) is 43.2 Å². The summed E-state index contributed by atoms with van der Waals surface area (Å²) in [6.07, 6.45) is 6.48. The fraction of sp³-hybridized carbons (Fsp3) is 0.556. The van der Waals surface area contributed by atoms with Gasteiger partial charge in [0.15, 0.2) is 0 Å². The molecule has 0 saturated heterocycles. The van der Waals surface area contributed by atoms with Gasteiger partial charge in [-0.3, -0.25) is 0 Å². The van der Waals surface area contributed by atoms with E-state index in [0.717, 1.165) is 12.8 Å². The van der Waals surface area contributed by atoms with Crippen molar-refractivity contribution in [2.24, 2.45) is 5.41 Å². The molecule has 1 aliphatic rings. The Balaban J connectivity index is 2.24. The Morgan fingerprint density at radius 3 is 2.60 bits per heavy atom. The van der Waals surface area contributed by atoms with Crippen molar-refractivity contribution in [1.82, 2.24) is 0 Å². The van der Waals surface area contributed by atoms with Crippen molar-refractivity contribution < 1.29 is 4.74 Å². The van der Waals surface area contributed by atoms with Crippen LogP contribution in [0.5, 0.6) is 0 Å². The van der Waals surface area contributed by atoms with E-state index in [1.54, 1.807) is 0 Å². The molecule has 1 aromatic rings. The fourth-order valence-corrected chi connectivity index (χ4v) is 4.81. The van der Waals surface area contributed by atoms with Gasteiger partial charge in [0.25, 0.3) is 0 Å². The summed E-state index contributed by atoms with van der Waals surface area (Å²) in [6, 6.07) is 10.7. The highest BCUT2D eigenvalue weighted by molar-refractivity contribution is 8.00. The first kappa shape index (κ1) is 15.7. The zero-order valence-electron chi connectivity index (χ0n) is 12.9. The summed E-state index contributed by atoms with van der Waals surface area (Å²) in [6.45, 7) is 8.68. The number of methoxy groups -OCH3 is 1. The van der Waals surface area contributed by atoms with E-state index in [-0.39, 0.29) is 5.60 Å². The predicted octanol–water partition coefficient (Wildman–Crippen LogP) is 5.32. The summed E-state index contributed by atoms with van der Waals surface area (Å²) in [7, 11) is 1.86. The van der Waals surface area contributed by atoms with Crippen LogP contribution in [0.2, 0.25) is 0 Å². The Kier molecular flexibility index (Phi) is 4.98. The predicted molar refractivity (Wildman–Crippen MR) is 88.3 cm³/mol. The van der Waals surface area contributed by atoms with Crippen LogP contribution in [0.25, 0.3) is 0 Å². The molecule has 0 spiro atoms. The van der Waals surface area contributed by atoms with Crippen molar-refractivity contribution in [3.63, 3.8) is 0 Å². The topological polar surface area (TPSA) is 9.23 Å². The molecule has 1 fully saturated rings. The van der Waals surface area contributed by atoms with Crippen molar-refractivity contribution in [3.8, 4) is 0 Å². The zero-order valence-corrected chi connectivity index (χ0v) is 13.7. The number of ether oxygens (including phenoxy) is 1. The molecule has 1 aliphatic carbocycles. The van der Waals surface area contributed by atoms with E-state index in [4.69, 9.17) is 4.74 Å². The lowest BCUT2D eigenvalue weighted by molar-refractivity contribution is -0.0526. The molecule has 0 N–H and O–H groups in total. The highest BCUT2D eigenvalue weighted by Crippen LogP contribution is 2.50. The summed E-state index contributed by atoms with van der Waals surface area (Å²) >= 11 is 1.97. The number of rotatable bonds is 5. The van der Waals surface area contributed by atoms with E-state index in [1.807, 2.05) is 24.9 Å². The zero-order chi connectivity index (χ0) is 14.6. The largest absolute Gasteiger partial charge is 0.377 e. The van der Waals surface area contributed by atoms with Gasteiger partial charge in [-0.15, -0.1) is 18.3 Å². The minimum atomic E-state index is -0.0578. The van der Waals surface area contributed by atoms with E-state index in [0.29, 0.717) is 10.7 Å². The molecular formula is C18H26OS. The Labute approximate surface area is 127 Å². The van der Waals surface area contributed by atoms with Gasteiger partial charge >= 0.3 is 0 Å². The molecule has 2 atom stereocenters. The van der Waals surface area contributed by atoms with E-state index >= 15 is 0 Å². The van der Waals surface area contributed by atoms with Gasteiger partial charge in [0.05, 0.1) is 5.60 Å². The first-order valence-corrected chi connectivity index (χ1v) is 8.27. The van der Waals surface area contributed by atoms with Gasteiger partial charge in [-0.1, -0.05) is 38.1 Å². The summed E-state index contributed by atoms with van der Waals surface area (Å²) in [5.41, 5.74) is 0.341. The van der Waals surface area contributed by atoms with Crippen LogP contribution in [0.4, 0.5) is 0 Å². The lowest BCUT2D eigenvalue weighted by Gasteiger charge is -2.48. The third-order valence-corrected chi connectivity index (χ3v) is 5.89.